The Bertz CT molecular complexity index is 767. The van der Waals surface area contributed by atoms with E-state index in [0.29, 0.717) is 11.4 Å². The SMILES string of the molecule is CNC(=O)N(c1ccc(O)cc1)c1ccnc(C(=O)NC(C)(C)C)c1. The summed E-state index contributed by atoms with van der Waals surface area (Å²) in [5.74, 6) is -0.225. The number of aromatic hydroxyl groups is 1. The zero-order valence-corrected chi connectivity index (χ0v) is 14.7. The van der Waals surface area contributed by atoms with Gasteiger partial charge in [-0.2, -0.15) is 0 Å². The van der Waals surface area contributed by atoms with E-state index in [4.69, 9.17) is 0 Å². The van der Waals surface area contributed by atoms with Gasteiger partial charge in [0.2, 0.25) is 0 Å². The van der Waals surface area contributed by atoms with Crippen LogP contribution in [0.15, 0.2) is 42.6 Å². The Hall–Kier alpha value is -3.09. The Kier molecular flexibility index (Phi) is 5.26. The molecule has 132 valence electrons. The average Bonchev–Trinajstić information content (AvgIpc) is 2.55. The lowest BCUT2D eigenvalue weighted by atomic mass is 10.1. The van der Waals surface area contributed by atoms with Crippen LogP contribution in [-0.2, 0) is 0 Å². The highest BCUT2D eigenvalue weighted by Gasteiger charge is 2.20. The third-order valence-electron chi connectivity index (χ3n) is 3.25. The van der Waals surface area contributed by atoms with Crippen LogP contribution in [0, 0.1) is 0 Å². The summed E-state index contributed by atoms with van der Waals surface area (Å²) < 4.78 is 0. The third kappa shape index (κ3) is 4.69. The summed E-state index contributed by atoms with van der Waals surface area (Å²) in [6.07, 6.45) is 1.48. The molecule has 0 atom stereocenters. The number of hydrogen-bond donors (Lipinski definition) is 3. The lowest BCUT2D eigenvalue weighted by Crippen LogP contribution is -2.41. The van der Waals surface area contributed by atoms with Crippen molar-refractivity contribution in [3.63, 3.8) is 0 Å². The Morgan fingerprint density at radius 2 is 1.72 bits per heavy atom. The van der Waals surface area contributed by atoms with E-state index in [-0.39, 0.29) is 23.4 Å². The molecule has 0 radical (unpaired) electrons. The van der Waals surface area contributed by atoms with E-state index < -0.39 is 5.54 Å². The van der Waals surface area contributed by atoms with Crippen LogP contribution in [-0.4, -0.2) is 34.6 Å². The average molecular weight is 342 g/mol. The molecule has 3 N–H and O–H groups in total. The number of phenols is 1. The molecule has 0 bridgehead atoms. The second-order valence-corrected chi connectivity index (χ2v) is 6.51. The van der Waals surface area contributed by atoms with Gasteiger partial charge in [-0.3, -0.25) is 14.7 Å². The fourth-order valence-corrected chi connectivity index (χ4v) is 2.18. The van der Waals surface area contributed by atoms with Gasteiger partial charge in [0.05, 0.1) is 11.4 Å². The fourth-order valence-electron chi connectivity index (χ4n) is 2.18. The number of rotatable bonds is 3. The van der Waals surface area contributed by atoms with Gasteiger partial charge < -0.3 is 15.7 Å². The van der Waals surface area contributed by atoms with Gasteiger partial charge in [0.1, 0.15) is 11.4 Å². The molecule has 0 spiro atoms. The Morgan fingerprint density at radius 1 is 1.08 bits per heavy atom. The second kappa shape index (κ2) is 7.21. The van der Waals surface area contributed by atoms with Crippen LogP contribution in [0.25, 0.3) is 0 Å². The zero-order valence-electron chi connectivity index (χ0n) is 14.7. The minimum absolute atomic E-state index is 0.0978. The molecule has 1 aromatic carbocycles. The van der Waals surface area contributed by atoms with Crippen LogP contribution in [0.5, 0.6) is 5.75 Å². The number of hydrogen-bond acceptors (Lipinski definition) is 4. The van der Waals surface area contributed by atoms with Crippen molar-refractivity contribution in [2.75, 3.05) is 11.9 Å². The van der Waals surface area contributed by atoms with E-state index in [0.717, 1.165) is 0 Å². The molecule has 2 rings (SSSR count). The Labute approximate surface area is 146 Å². The highest BCUT2D eigenvalue weighted by molar-refractivity contribution is 6.01. The van der Waals surface area contributed by atoms with Crippen LogP contribution in [0.1, 0.15) is 31.3 Å². The van der Waals surface area contributed by atoms with Crippen molar-refractivity contribution >= 4 is 23.3 Å². The van der Waals surface area contributed by atoms with Gasteiger partial charge in [0.15, 0.2) is 0 Å². The summed E-state index contributed by atoms with van der Waals surface area (Å²) >= 11 is 0. The summed E-state index contributed by atoms with van der Waals surface area (Å²) in [7, 11) is 1.52. The van der Waals surface area contributed by atoms with E-state index >= 15 is 0 Å². The van der Waals surface area contributed by atoms with Crippen molar-refractivity contribution in [3.05, 3.63) is 48.3 Å². The van der Waals surface area contributed by atoms with Crippen molar-refractivity contribution in [2.45, 2.75) is 26.3 Å². The van der Waals surface area contributed by atoms with Crippen molar-refractivity contribution < 1.29 is 14.7 Å². The number of amides is 3. The van der Waals surface area contributed by atoms with Gasteiger partial charge >= 0.3 is 6.03 Å². The molecular weight excluding hydrogens is 320 g/mol. The van der Waals surface area contributed by atoms with Crippen LogP contribution in [0.3, 0.4) is 0 Å². The number of phenolic OH excluding ortho intramolecular Hbond substituents is 1. The summed E-state index contributed by atoms with van der Waals surface area (Å²) in [6, 6.07) is 9.00. The molecule has 3 amide bonds. The summed E-state index contributed by atoms with van der Waals surface area (Å²) in [6.45, 7) is 5.63. The molecule has 1 heterocycles. The molecule has 2 aromatic rings. The van der Waals surface area contributed by atoms with Gasteiger partial charge in [0, 0.05) is 18.8 Å². The zero-order chi connectivity index (χ0) is 18.6. The minimum Gasteiger partial charge on any atom is -0.508 e. The number of anilines is 2. The van der Waals surface area contributed by atoms with Crippen LogP contribution >= 0.6 is 0 Å². The molecule has 7 nitrogen and oxygen atoms in total. The number of urea groups is 1. The largest absolute Gasteiger partial charge is 0.508 e. The van der Waals surface area contributed by atoms with Crippen molar-refractivity contribution in [3.8, 4) is 5.75 Å². The molecule has 0 saturated carbocycles. The van der Waals surface area contributed by atoms with Gasteiger partial charge in [-0.05, 0) is 57.2 Å². The van der Waals surface area contributed by atoms with E-state index in [1.807, 2.05) is 20.8 Å². The third-order valence-corrected chi connectivity index (χ3v) is 3.25. The first-order chi connectivity index (χ1) is 11.7. The number of nitrogens with zero attached hydrogens (tertiary/aromatic N) is 2. The van der Waals surface area contributed by atoms with Crippen LogP contribution in [0.4, 0.5) is 16.2 Å². The lowest BCUT2D eigenvalue weighted by Gasteiger charge is -2.23. The van der Waals surface area contributed by atoms with Crippen molar-refractivity contribution in [1.82, 2.24) is 15.6 Å². The summed E-state index contributed by atoms with van der Waals surface area (Å²) in [5.41, 5.74) is 0.844. The molecule has 0 aliphatic carbocycles. The smallest absolute Gasteiger partial charge is 0.326 e. The maximum atomic E-state index is 12.3. The predicted octanol–water partition coefficient (Wildman–Crippen LogP) is 2.79. The number of carbonyl (C=O) groups is 2. The van der Waals surface area contributed by atoms with E-state index in [1.54, 1.807) is 24.3 Å². The Balaban J connectivity index is 2.41. The standard InChI is InChI=1S/C18H22N4O3/c1-18(2,3)21-16(24)15-11-13(9-10-20-15)22(17(25)19-4)12-5-7-14(23)8-6-12/h5-11,23H,1-4H3,(H,19,25)(H,21,24). The Morgan fingerprint density at radius 3 is 2.28 bits per heavy atom. The summed E-state index contributed by atoms with van der Waals surface area (Å²) in [5, 5.41) is 14.9. The number of pyridine rings is 1. The van der Waals surface area contributed by atoms with E-state index in [2.05, 4.69) is 15.6 Å². The molecule has 0 saturated heterocycles. The first-order valence-corrected chi connectivity index (χ1v) is 7.81. The number of aromatic nitrogens is 1. The van der Waals surface area contributed by atoms with Crippen molar-refractivity contribution in [2.24, 2.45) is 0 Å². The van der Waals surface area contributed by atoms with E-state index in [9.17, 15) is 14.7 Å². The highest BCUT2D eigenvalue weighted by atomic mass is 16.3. The van der Waals surface area contributed by atoms with Gasteiger partial charge in [-0.25, -0.2) is 4.79 Å². The molecule has 1 aromatic heterocycles. The van der Waals surface area contributed by atoms with Gasteiger partial charge in [0.25, 0.3) is 5.91 Å². The molecular formula is C18H22N4O3. The molecule has 0 unspecified atom stereocenters. The molecule has 0 fully saturated rings. The van der Waals surface area contributed by atoms with Crippen LogP contribution in [0.2, 0.25) is 0 Å². The topological polar surface area (TPSA) is 94.6 Å². The predicted molar refractivity (Wildman–Crippen MR) is 96.2 cm³/mol. The van der Waals surface area contributed by atoms with Gasteiger partial charge in [-0.1, -0.05) is 0 Å². The molecule has 0 aliphatic heterocycles. The molecule has 0 aliphatic rings. The maximum Gasteiger partial charge on any atom is 0.326 e. The monoisotopic (exact) mass is 342 g/mol. The first-order valence-electron chi connectivity index (χ1n) is 7.81. The fraction of sp³-hybridized carbons (Fsp3) is 0.278. The van der Waals surface area contributed by atoms with Crippen molar-refractivity contribution in [1.29, 1.82) is 0 Å². The minimum atomic E-state index is -0.397. The van der Waals surface area contributed by atoms with E-state index in [1.165, 1.54) is 30.3 Å². The first kappa shape index (κ1) is 18.3. The second-order valence-electron chi connectivity index (χ2n) is 6.51. The molecule has 25 heavy (non-hydrogen) atoms. The van der Waals surface area contributed by atoms with Crippen LogP contribution < -0.4 is 15.5 Å². The normalized spacial score (nSPS) is 10.9. The number of carbonyl (C=O) groups excluding carboxylic acids is 2. The maximum absolute atomic E-state index is 12.3. The highest BCUT2D eigenvalue weighted by Crippen LogP contribution is 2.27. The summed E-state index contributed by atoms with van der Waals surface area (Å²) in [4.78, 5) is 30.2. The molecule has 7 heteroatoms. The quantitative estimate of drug-likeness (QED) is 0.799. The number of benzene rings is 1. The number of nitrogens with one attached hydrogen (secondary N) is 2. The van der Waals surface area contributed by atoms with Gasteiger partial charge in [-0.15, -0.1) is 0 Å². The lowest BCUT2D eigenvalue weighted by molar-refractivity contribution is 0.0914.